The fourth-order valence-electron chi connectivity index (χ4n) is 1.93. The number of anilines is 2. The third kappa shape index (κ3) is 5.75. The lowest BCUT2D eigenvalue weighted by atomic mass is 10.3. The first-order valence-electron chi connectivity index (χ1n) is 7.32. The van der Waals surface area contributed by atoms with Gasteiger partial charge in [-0.05, 0) is 50.2 Å². The molecule has 5 nitrogen and oxygen atoms in total. The second kappa shape index (κ2) is 8.14. The quantitative estimate of drug-likeness (QED) is 0.802. The van der Waals surface area contributed by atoms with E-state index in [1.54, 1.807) is 24.3 Å². The van der Waals surface area contributed by atoms with Crippen LogP contribution in [-0.4, -0.2) is 18.7 Å². The van der Waals surface area contributed by atoms with Gasteiger partial charge >= 0.3 is 12.6 Å². The highest BCUT2D eigenvalue weighted by Gasteiger charge is 2.07. The number of carbonyl (C=O) groups is 1. The van der Waals surface area contributed by atoms with Crippen molar-refractivity contribution in [1.82, 2.24) is 0 Å². The molecule has 0 aromatic heterocycles. The van der Waals surface area contributed by atoms with Gasteiger partial charge in [0, 0.05) is 17.4 Å². The van der Waals surface area contributed by atoms with E-state index in [1.807, 2.05) is 13.8 Å². The number of benzene rings is 2. The van der Waals surface area contributed by atoms with Gasteiger partial charge in [0.1, 0.15) is 11.5 Å². The molecule has 2 amide bonds. The Hall–Kier alpha value is -2.83. The van der Waals surface area contributed by atoms with Crippen LogP contribution < -0.4 is 20.1 Å². The molecule has 7 heteroatoms. The van der Waals surface area contributed by atoms with Crippen molar-refractivity contribution in [3.05, 3.63) is 48.5 Å². The zero-order chi connectivity index (χ0) is 17.5. The van der Waals surface area contributed by atoms with Crippen LogP contribution in [0.5, 0.6) is 11.5 Å². The molecule has 0 aliphatic heterocycles. The van der Waals surface area contributed by atoms with Crippen LogP contribution in [0.1, 0.15) is 13.8 Å². The Kier molecular flexibility index (Phi) is 5.95. The summed E-state index contributed by atoms with van der Waals surface area (Å²) in [6.07, 6.45) is 0.0306. The molecule has 2 N–H and O–H groups in total. The number of hydrogen-bond donors (Lipinski definition) is 2. The van der Waals surface area contributed by atoms with Crippen molar-refractivity contribution in [3.8, 4) is 11.5 Å². The fraction of sp³-hybridized carbons (Fsp3) is 0.235. The summed E-state index contributed by atoms with van der Waals surface area (Å²) in [6, 6.07) is 12.2. The molecule has 0 saturated heterocycles. The number of amides is 2. The molecule has 0 spiro atoms. The van der Waals surface area contributed by atoms with Gasteiger partial charge in [0.05, 0.1) is 6.10 Å². The Morgan fingerprint density at radius 1 is 0.917 bits per heavy atom. The standard InChI is InChI=1S/C17H18F2N2O3/c1-11(2)23-15-5-3-4-13(10-15)21-17(22)20-12-6-8-14(9-7-12)24-16(18)19/h3-11,16H,1-2H3,(H2,20,21,22). The van der Waals surface area contributed by atoms with Crippen molar-refractivity contribution in [1.29, 1.82) is 0 Å². The Bertz CT molecular complexity index is 676. The molecule has 0 radical (unpaired) electrons. The fourth-order valence-corrected chi connectivity index (χ4v) is 1.93. The van der Waals surface area contributed by atoms with Gasteiger partial charge in [-0.2, -0.15) is 8.78 Å². The number of nitrogens with one attached hydrogen (secondary N) is 2. The lowest BCUT2D eigenvalue weighted by molar-refractivity contribution is -0.0498. The summed E-state index contributed by atoms with van der Waals surface area (Å²) in [7, 11) is 0. The second-order valence-electron chi connectivity index (χ2n) is 5.18. The van der Waals surface area contributed by atoms with Gasteiger partial charge in [0.15, 0.2) is 0 Å². The number of alkyl halides is 2. The van der Waals surface area contributed by atoms with E-state index in [4.69, 9.17) is 4.74 Å². The van der Waals surface area contributed by atoms with Crippen LogP contribution in [0, 0.1) is 0 Å². The van der Waals surface area contributed by atoms with Gasteiger partial charge in [-0.1, -0.05) is 6.07 Å². The summed E-state index contributed by atoms with van der Waals surface area (Å²) < 4.78 is 33.9. The molecule has 24 heavy (non-hydrogen) atoms. The summed E-state index contributed by atoms with van der Waals surface area (Å²) in [6.45, 7) is 0.940. The molecule has 0 fully saturated rings. The van der Waals surface area contributed by atoms with Crippen molar-refractivity contribution in [2.24, 2.45) is 0 Å². The largest absolute Gasteiger partial charge is 0.491 e. The van der Waals surface area contributed by atoms with E-state index in [9.17, 15) is 13.6 Å². The molecule has 0 aliphatic rings. The third-order valence-electron chi connectivity index (χ3n) is 2.80. The number of halogens is 2. The maximum Gasteiger partial charge on any atom is 0.387 e. The van der Waals surface area contributed by atoms with Crippen LogP contribution >= 0.6 is 0 Å². The third-order valence-corrected chi connectivity index (χ3v) is 2.80. The number of rotatable bonds is 6. The lowest BCUT2D eigenvalue weighted by Gasteiger charge is -2.12. The minimum absolute atomic E-state index is 0.0227. The van der Waals surface area contributed by atoms with Crippen molar-refractivity contribution >= 4 is 17.4 Å². The van der Waals surface area contributed by atoms with E-state index in [0.29, 0.717) is 17.1 Å². The van der Waals surface area contributed by atoms with E-state index in [-0.39, 0.29) is 11.9 Å². The summed E-state index contributed by atoms with van der Waals surface area (Å²) in [5.41, 5.74) is 1.02. The van der Waals surface area contributed by atoms with E-state index in [0.717, 1.165) is 0 Å². The molecule has 2 rings (SSSR count). The molecule has 0 atom stereocenters. The lowest BCUT2D eigenvalue weighted by Crippen LogP contribution is -2.19. The Balaban J connectivity index is 1.93. The number of hydrogen-bond acceptors (Lipinski definition) is 3. The van der Waals surface area contributed by atoms with Crippen LogP contribution in [0.4, 0.5) is 25.0 Å². The topological polar surface area (TPSA) is 59.6 Å². The van der Waals surface area contributed by atoms with Crippen molar-refractivity contribution in [2.45, 2.75) is 26.6 Å². The molecule has 2 aromatic rings. The second-order valence-corrected chi connectivity index (χ2v) is 5.18. The maximum absolute atomic E-state index is 12.1. The highest BCUT2D eigenvalue weighted by atomic mass is 19.3. The van der Waals surface area contributed by atoms with E-state index in [2.05, 4.69) is 15.4 Å². The predicted octanol–water partition coefficient (Wildman–Crippen LogP) is 4.72. The smallest absolute Gasteiger partial charge is 0.387 e. The van der Waals surface area contributed by atoms with Crippen molar-refractivity contribution in [2.75, 3.05) is 10.6 Å². The molecule has 2 aromatic carbocycles. The summed E-state index contributed by atoms with van der Waals surface area (Å²) in [5.74, 6) is 0.672. The van der Waals surface area contributed by atoms with Crippen LogP contribution in [0.15, 0.2) is 48.5 Å². The van der Waals surface area contributed by atoms with Gasteiger partial charge in [-0.25, -0.2) is 4.79 Å². The molecular formula is C17H18F2N2O3. The first-order chi connectivity index (χ1) is 11.4. The van der Waals surface area contributed by atoms with Crippen LogP contribution in [-0.2, 0) is 0 Å². The monoisotopic (exact) mass is 336 g/mol. The van der Waals surface area contributed by atoms with E-state index < -0.39 is 12.6 Å². The average molecular weight is 336 g/mol. The SMILES string of the molecule is CC(C)Oc1cccc(NC(=O)Nc2ccc(OC(F)F)cc2)c1. The Labute approximate surface area is 138 Å². The first-order valence-corrected chi connectivity index (χ1v) is 7.32. The Morgan fingerprint density at radius 3 is 2.21 bits per heavy atom. The van der Waals surface area contributed by atoms with Gasteiger partial charge in [0.2, 0.25) is 0 Å². The van der Waals surface area contributed by atoms with Gasteiger partial charge < -0.3 is 20.1 Å². The van der Waals surface area contributed by atoms with Crippen LogP contribution in [0.25, 0.3) is 0 Å². The van der Waals surface area contributed by atoms with Crippen molar-refractivity contribution < 1.29 is 23.0 Å². The average Bonchev–Trinajstić information content (AvgIpc) is 2.48. The Morgan fingerprint density at radius 2 is 1.58 bits per heavy atom. The molecule has 128 valence electrons. The molecule has 0 bridgehead atoms. The first kappa shape index (κ1) is 17.5. The van der Waals surface area contributed by atoms with Crippen LogP contribution in [0.3, 0.4) is 0 Å². The van der Waals surface area contributed by atoms with Crippen molar-refractivity contribution in [3.63, 3.8) is 0 Å². The summed E-state index contributed by atoms with van der Waals surface area (Å²) in [4.78, 5) is 12.0. The van der Waals surface area contributed by atoms with Gasteiger partial charge in [-0.3, -0.25) is 0 Å². The van der Waals surface area contributed by atoms with E-state index >= 15 is 0 Å². The molecular weight excluding hydrogens is 318 g/mol. The minimum Gasteiger partial charge on any atom is -0.491 e. The van der Waals surface area contributed by atoms with Gasteiger partial charge in [0.25, 0.3) is 0 Å². The van der Waals surface area contributed by atoms with Gasteiger partial charge in [-0.15, -0.1) is 0 Å². The normalized spacial score (nSPS) is 10.6. The van der Waals surface area contributed by atoms with Crippen LogP contribution in [0.2, 0.25) is 0 Å². The highest BCUT2D eigenvalue weighted by molar-refractivity contribution is 5.99. The predicted molar refractivity (Wildman–Crippen MR) is 87.9 cm³/mol. The minimum atomic E-state index is -2.88. The van der Waals surface area contributed by atoms with E-state index in [1.165, 1.54) is 24.3 Å². The molecule has 0 saturated carbocycles. The molecule has 0 aliphatic carbocycles. The molecule has 0 heterocycles. The highest BCUT2D eigenvalue weighted by Crippen LogP contribution is 2.20. The summed E-state index contributed by atoms with van der Waals surface area (Å²) in [5, 5.41) is 5.27. The molecule has 0 unspecified atom stereocenters. The maximum atomic E-state index is 12.1. The number of carbonyl (C=O) groups excluding carboxylic acids is 1. The number of ether oxygens (including phenoxy) is 2. The zero-order valence-corrected chi connectivity index (χ0v) is 13.3. The zero-order valence-electron chi connectivity index (χ0n) is 13.3. The number of urea groups is 1. The summed E-state index contributed by atoms with van der Waals surface area (Å²) >= 11 is 0.